The summed E-state index contributed by atoms with van der Waals surface area (Å²) in [6.45, 7) is 0. The number of benzene rings is 3. The van der Waals surface area contributed by atoms with Crippen molar-refractivity contribution in [3.05, 3.63) is 115 Å². The molecule has 0 N–H and O–H groups in total. The SMILES string of the molecule is O=[N+]([O-])c1cc([N+](=O)[O-])c(C(Cl)C(Cl)c2ccccc2)cc1/C=C/c1ccccc1. The van der Waals surface area contributed by atoms with Crippen LogP contribution in [0.25, 0.3) is 12.2 Å². The van der Waals surface area contributed by atoms with Crippen molar-refractivity contribution in [2.45, 2.75) is 10.8 Å². The summed E-state index contributed by atoms with van der Waals surface area (Å²) in [4.78, 5) is 21.8. The predicted molar refractivity (Wildman–Crippen MR) is 119 cm³/mol. The lowest BCUT2D eigenvalue weighted by Gasteiger charge is -2.17. The Hall–Kier alpha value is -3.22. The lowest BCUT2D eigenvalue weighted by Crippen LogP contribution is -2.06. The Labute approximate surface area is 182 Å². The first-order valence-corrected chi connectivity index (χ1v) is 9.78. The summed E-state index contributed by atoms with van der Waals surface area (Å²) in [6.07, 6.45) is 3.23. The van der Waals surface area contributed by atoms with E-state index in [1.165, 1.54) is 12.1 Å². The maximum absolute atomic E-state index is 11.6. The molecular weight excluding hydrogens is 427 g/mol. The molecule has 0 aliphatic heterocycles. The topological polar surface area (TPSA) is 86.3 Å². The van der Waals surface area contributed by atoms with Crippen molar-refractivity contribution in [3.8, 4) is 0 Å². The summed E-state index contributed by atoms with van der Waals surface area (Å²) in [6, 6.07) is 20.4. The van der Waals surface area contributed by atoms with Crippen LogP contribution in [0, 0.1) is 20.2 Å². The van der Waals surface area contributed by atoms with Crippen molar-refractivity contribution in [1.82, 2.24) is 0 Å². The van der Waals surface area contributed by atoms with Gasteiger partial charge in [-0.05, 0) is 23.3 Å². The van der Waals surface area contributed by atoms with Crippen LogP contribution in [-0.2, 0) is 0 Å². The van der Waals surface area contributed by atoms with E-state index >= 15 is 0 Å². The zero-order valence-corrected chi connectivity index (χ0v) is 17.0. The molecule has 0 aliphatic rings. The molecule has 30 heavy (non-hydrogen) atoms. The van der Waals surface area contributed by atoms with Gasteiger partial charge in [0.1, 0.15) is 0 Å². The van der Waals surface area contributed by atoms with Gasteiger partial charge in [0, 0.05) is 0 Å². The summed E-state index contributed by atoms with van der Waals surface area (Å²) in [5.41, 5.74) is 1.00. The molecule has 0 aromatic heterocycles. The zero-order chi connectivity index (χ0) is 21.7. The van der Waals surface area contributed by atoms with Crippen molar-refractivity contribution in [3.63, 3.8) is 0 Å². The molecule has 2 unspecified atom stereocenters. The molecular formula is C22H16Cl2N2O4. The quantitative estimate of drug-likeness (QED) is 0.171. The van der Waals surface area contributed by atoms with Gasteiger partial charge < -0.3 is 0 Å². The minimum Gasteiger partial charge on any atom is -0.258 e. The second-order valence-corrected chi connectivity index (χ2v) is 7.38. The van der Waals surface area contributed by atoms with Gasteiger partial charge in [-0.25, -0.2) is 0 Å². The predicted octanol–water partition coefficient (Wildman–Crippen LogP) is 6.93. The number of nitrogens with zero attached hydrogens (tertiary/aromatic N) is 2. The standard InChI is InChI=1S/C22H16Cl2N2O4/c23-21(16-9-5-2-6-10-16)22(24)18-13-17(12-11-15-7-3-1-4-8-15)19(25(27)28)14-20(18)26(29)30/h1-14,21-22H/b12-11+. The van der Waals surface area contributed by atoms with E-state index in [1.54, 1.807) is 30.3 Å². The Morgan fingerprint density at radius 3 is 1.87 bits per heavy atom. The van der Waals surface area contributed by atoms with Crippen molar-refractivity contribution in [1.29, 1.82) is 0 Å². The summed E-state index contributed by atoms with van der Waals surface area (Å²) in [5.74, 6) is 0. The Balaban J connectivity index is 2.10. The smallest absolute Gasteiger partial charge is 0.258 e. The minimum absolute atomic E-state index is 0.115. The highest BCUT2D eigenvalue weighted by Gasteiger charge is 2.31. The van der Waals surface area contributed by atoms with E-state index in [9.17, 15) is 20.2 Å². The van der Waals surface area contributed by atoms with Crippen LogP contribution in [0.1, 0.15) is 33.0 Å². The molecule has 152 valence electrons. The average Bonchev–Trinajstić information content (AvgIpc) is 2.77. The van der Waals surface area contributed by atoms with Crippen molar-refractivity contribution in [2.75, 3.05) is 0 Å². The Kier molecular flexibility index (Phi) is 6.82. The van der Waals surface area contributed by atoms with Crippen molar-refractivity contribution >= 4 is 46.7 Å². The first-order valence-electron chi connectivity index (χ1n) is 8.91. The summed E-state index contributed by atoms with van der Waals surface area (Å²) in [5, 5.41) is 21.4. The van der Waals surface area contributed by atoms with Gasteiger partial charge in [-0.2, -0.15) is 0 Å². The highest BCUT2D eigenvalue weighted by molar-refractivity contribution is 6.30. The molecule has 0 saturated carbocycles. The molecule has 0 spiro atoms. The third kappa shape index (κ3) is 4.84. The van der Waals surface area contributed by atoms with Crippen LogP contribution in [-0.4, -0.2) is 9.85 Å². The van der Waals surface area contributed by atoms with E-state index in [0.717, 1.165) is 11.6 Å². The molecule has 0 aliphatic carbocycles. The molecule has 2 atom stereocenters. The van der Waals surface area contributed by atoms with Crippen molar-refractivity contribution in [2.24, 2.45) is 0 Å². The van der Waals surface area contributed by atoms with Crippen LogP contribution >= 0.6 is 23.2 Å². The van der Waals surface area contributed by atoms with Crippen LogP contribution in [0.4, 0.5) is 11.4 Å². The Bertz CT molecular complexity index is 1090. The number of hydrogen-bond donors (Lipinski definition) is 0. The van der Waals surface area contributed by atoms with Crippen LogP contribution in [0.15, 0.2) is 72.8 Å². The monoisotopic (exact) mass is 442 g/mol. The molecule has 8 heteroatoms. The van der Waals surface area contributed by atoms with Crippen LogP contribution < -0.4 is 0 Å². The first kappa shape index (κ1) is 21.5. The molecule has 0 heterocycles. The third-order valence-electron chi connectivity index (χ3n) is 4.50. The molecule has 3 aromatic carbocycles. The van der Waals surface area contributed by atoms with Gasteiger partial charge in [0.25, 0.3) is 11.4 Å². The van der Waals surface area contributed by atoms with Gasteiger partial charge >= 0.3 is 0 Å². The fraction of sp³-hybridized carbons (Fsp3) is 0.0909. The second kappa shape index (κ2) is 9.52. The van der Waals surface area contributed by atoms with Gasteiger partial charge in [0.05, 0.1) is 37.8 Å². The number of nitro benzene ring substituents is 2. The molecule has 0 radical (unpaired) electrons. The van der Waals surface area contributed by atoms with E-state index in [4.69, 9.17) is 23.2 Å². The highest BCUT2D eigenvalue weighted by Crippen LogP contribution is 2.44. The fourth-order valence-corrected chi connectivity index (χ4v) is 3.60. The summed E-state index contributed by atoms with van der Waals surface area (Å²) in [7, 11) is 0. The van der Waals surface area contributed by atoms with Gasteiger partial charge in [-0.3, -0.25) is 20.2 Å². The number of alkyl halides is 2. The molecule has 6 nitrogen and oxygen atoms in total. The maximum atomic E-state index is 11.6. The molecule has 3 rings (SSSR count). The average molecular weight is 443 g/mol. The number of hydrogen-bond acceptors (Lipinski definition) is 4. The van der Waals surface area contributed by atoms with E-state index in [0.29, 0.717) is 5.56 Å². The van der Waals surface area contributed by atoms with Crippen LogP contribution in [0.5, 0.6) is 0 Å². The van der Waals surface area contributed by atoms with E-state index in [2.05, 4.69) is 0 Å². The van der Waals surface area contributed by atoms with Gasteiger partial charge in [0.2, 0.25) is 0 Å². The first-order chi connectivity index (χ1) is 14.4. The molecule has 0 amide bonds. The fourth-order valence-electron chi connectivity index (χ4n) is 3.00. The van der Waals surface area contributed by atoms with Crippen LogP contribution in [0.3, 0.4) is 0 Å². The van der Waals surface area contributed by atoms with E-state index < -0.39 is 26.3 Å². The van der Waals surface area contributed by atoms with Crippen molar-refractivity contribution < 1.29 is 9.85 Å². The number of nitro groups is 2. The highest BCUT2D eigenvalue weighted by atomic mass is 35.5. The molecule has 3 aromatic rings. The molecule has 0 bridgehead atoms. The minimum atomic E-state index is -0.973. The van der Waals surface area contributed by atoms with Gasteiger partial charge in [-0.1, -0.05) is 66.7 Å². The normalized spacial score (nSPS) is 13.1. The number of rotatable bonds is 7. The second-order valence-electron chi connectivity index (χ2n) is 6.44. The van der Waals surface area contributed by atoms with Gasteiger partial charge in [0.15, 0.2) is 0 Å². The number of halogens is 2. The van der Waals surface area contributed by atoms with E-state index in [-0.39, 0.29) is 16.8 Å². The summed E-state index contributed by atoms with van der Waals surface area (Å²) < 4.78 is 0. The van der Waals surface area contributed by atoms with Gasteiger partial charge in [-0.15, -0.1) is 23.2 Å². The van der Waals surface area contributed by atoms with Crippen LogP contribution in [0.2, 0.25) is 0 Å². The maximum Gasteiger partial charge on any atom is 0.283 e. The summed E-state index contributed by atoms with van der Waals surface area (Å²) >= 11 is 13.0. The lowest BCUT2D eigenvalue weighted by atomic mass is 9.98. The Morgan fingerprint density at radius 1 is 0.733 bits per heavy atom. The van der Waals surface area contributed by atoms with E-state index in [1.807, 2.05) is 36.4 Å². The lowest BCUT2D eigenvalue weighted by molar-refractivity contribution is -0.394. The largest absolute Gasteiger partial charge is 0.283 e. The Morgan fingerprint density at radius 2 is 1.30 bits per heavy atom. The third-order valence-corrected chi connectivity index (χ3v) is 5.62. The molecule has 0 fully saturated rings. The zero-order valence-electron chi connectivity index (χ0n) is 15.5. The molecule has 0 saturated heterocycles.